The molecular formula is C38H49F3N6O2. The number of amides is 2. The van der Waals surface area contributed by atoms with Crippen molar-refractivity contribution in [2.24, 2.45) is 18.9 Å². The Morgan fingerprint density at radius 2 is 1.90 bits per heavy atom. The minimum absolute atomic E-state index is 0.0907. The molecule has 5 rings (SSSR count). The van der Waals surface area contributed by atoms with Gasteiger partial charge in [0.1, 0.15) is 12.2 Å². The van der Waals surface area contributed by atoms with E-state index in [0.29, 0.717) is 54.2 Å². The Morgan fingerprint density at radius 3 is 2.47 bits per heavy atom. The number of hydrogen-bond acceptors (Lipinski definition) is 5. The van der Waals surface area contributed by atoms with E-state index in [1.54, 1.807) is 61.5 Å². The van der Waals surface area contributed by atoms with Crippen molar-refractivity contribution >= 4 is 18.0 Å². The Balaban J connectivity index is 0.000000375. The molecule has 2 amide bonds. The lowest BCUT2D eigenvalue weighted by Crippen LogP contribution is -2.39. The van der Waals surface area contributed by atoms with E-state index in [9.17, 15) is 22.8 Å². The molecule has 1 saturated heterocycles. The molecule has 2 aromatic carbocycles. The molecule has 2 atom stereocenters. The molecule has 2 fully saturated rings. The number of carbonyl (C=O) groups is 2. The zero-order valence-electron chi connectivity index (χ0n) is 29.7. The number of nitrogens with zero attached hydrogens (tertiary/aromatic N) is 6. The van der Waals surface area contributed by atoms with Gasteiger partial charge in [-0.05, 0) is 113 Å². The Morgan fingerprint density at radius 1 is 1.20 bits per heavy atom. The van der Waals surface area contributed by atoms with Gasteiger partial charge in [0, 0.05) is 37.3 Å². The van der Waals surface area contributed by atoms with Crippen LogP contribution in [0.25, 0.3) is 0 Å². The van der Waals surface area contributed by atoms with Crippen LogP contribution in [0.4, 0.5) is 18.9 Å². The summed E-state index contributed by atoms with van der Waals surface area (Å²) in [5.74, 6) is 7.40. The maximum Gasteiger partial charge on any atom is 0.416 e. The van der Waals surface area contributed by atoms with Crippen molar-refractivity contribution in [3.63, 3.8) is 0 Å². The lowest BCUT2D eigenvalue weighted by atomic mass is 9.63. The highest BCUT2D eigenvalue weighted by atomic mass is 19.4. The number of alkyl halides is 3. The zero-order valence-corrected chi connectivity index (χ0v) is 29.7. The zero-order chi connectivity index (χ0) is 35.9. The van der Waals surface area contributed by atoms with Crippen molar-refractivity contribution in [2.45, 2.75) is 84.5 Å². The summed E-state index contributed by atoms with van der Waals surface area (Å²) in [5, 5.41) is 8.06. The summed E-state index contributed by atoms with van der Waals surface area (Å²) in [5.41, 5.74) is 1.28. The first-order chi connectivity index (χ1) is 23.2. The summed E-state index contributed by atoms with van der Waals surface area (Å²) < 4.78 is 44.6. The molecule has 1 aliphatic heterocycles. The van der Waals surface area contributed by atoms with Crippen LogP contribution < -0.4 is 4.90 Å². The summed E-state index contributed by atoms with van der Waals surface area (Å²) in [6.45, 7) is 11.7. The van der Waals surface area contributed by atoms with E-state index < -0.39 is 11.7 Å². The van der Waals surface area contributed by atoms with Crippen molar-refractivity contribution < 1.29 is 22.8 Å². The fraction of sp³-hybridized carbons (Fsp3) is 0.526. The van der Waals surface area contributed by atoms with E-state index in [1.165, 1.54) is 23.8 Å². The van der Waals surface area contributed by atoms with Crippen LogP contribution in [0.2, 0.25) is 0 Å². The van der Waals surface area contributed by atoms with Gasteiger partial charge in [-0.15, -0.1) is 10.2 Å². The molecule has 11 heteroatoms. The van der Waals surface area contributed by atoms with Crippen LogP contribution in [0.1, 0.15) is 87.5 Å². The van der Waals surface area contributed by atoms with Gasteiger partial charge in [0.25, 0.3) is 5.91 Å². The summed E-state index contributed by atoms with van der Waals surface area (Å²) in [7, 11) is 3.93. The van der Waals surface area contributed by atoms with Gasteiger partial charge in [-0.3, -0.25) is 14.5 Å². The molecule has 0 radical (unpaired) electrons. The molecular weight excluding hydrogens is 629 g/mol. The molecule has 0 bridgehead atoms. The van der Waals surface area contributed by atoms with Crippen LogP contribution in [0, 0.1) is 30.6 Å². The van der Waals surface area contributed by atoms with Crippen molar-refractivity contribution in [1.82, 2.24) is 24.6 Å². The maximum atomic E-state index is 14.2. The topological polar surface area (TPSA) is 74.6 Å². The molecule has 0 N–H and O–H groups in total. The number of hydrogen-bond donors (Lipinski definition) is 0. The van der Waals surface area contributed by atoms with Crippen LogP contribution in [0.15, 0.2) is 48.8 Å². The second-order valence-electron chi connectivity index (χ2n) is 14.0. The van der Waals surface area contributed by atoms with E-state index in [4.69, 9.17) is 0 Å². The molecule has 3 aromatic rings. The van der Waals surface area contributed by atoms with Crippen LogP contribution in [-0.4, -0.2) is 63.6 Å². The Kier molecular flexibility index (Phi) is 12.3. The Bertz CT molecular complexity index is 1640. The standard InChI is InChI=1S/C29H34F3N3O2.C9H15N3/c1-5-9-28(37)34-15-13-23(18-34)12-14-33(4)22(3)24-16-21(2)26(27(17-24)29(30,31)32)19-35(20-36)25-10-7-6-8-11-25;1-7-4-9(2,5-7)8-11-10-6-12(8)3/h6-8,10-11,16-17,20,22-23H,12-15,18-19H2,1-4H3;6-7H,4-5H2,1-3H3. The minimum atomic E-state index is -4.55. The lowest BCUT2D eigenvalue weighted by molar-refractivity contribution is -0.138. The quantitative estimate of drug-likeness (QED) is 0.172. The highest BCUT2D eigenvalue weighted by Gasteiger charge is 2.42. The van der Waals surface area contributed by atoms with Crippen LogP contribution in [0.5, 0.6) is 0 Å². The van der Waals surface area contributed by atoms with Crippen molar-refractivity contribution in [2.75, 3.05) is 31.6 Å². The normalized spacial score (nSPS) is 20.8. The van der Waals surface area contributed by atoms with Crippen LogP contribution in [0.3, 0.4) is 0 Å². The van der Waals surface area contributed by atoms with Gasteiger partial charge < -0.3 is 14.4 Å². The molecule has 49 heavy (non-hydrogen) atoms. The molecule has 2 heterocycles. The summed E-state index contributed by atoms with van der Waals surface area (Å²) in [4.78, 5) is 28.8. The van der Waals surface area contributed by atoms with Crippen molar-refractivity contribution in [3.05, 3.63) is 76.9 Å². The third kappa shape index (κ3) is 9.30. The Labute approximate surface area is 288 Å². The third-order valence-corrected chi connectivity index (χ3v) is 10.0. The summed E-state index contributed by atoms with van der Waals surface area (Å²) in [6, 6.07) is 11.4. The van der Waals surface area contributed by atoms with Crippen LogP contribution >= 0.6 is 0 Å². The van der Waals surface area contributed by atoms with Crippen LogP contribution in [-0.2, 0) is 34.8 Å². The number of halogens is 3. The van der Waals surface area contributed by atoms with Gasteiger partial charge in [-0.1, -0.05) is 44.0 Å². The molecule has 0 spiro atoms. The summed E-state index contributed by atoms with van der Waals surface area (Å²) >= 11 is 0. The van der Waals surface area contributed by atoms with E-state index >= 15 is 0 Å². The Hall–Kier alpha value is -4.17. The monoisotopic (exact) mass is 678 g/mol. The average Bonchev–Trinajstić information content (AvgIpc) is 3.71. The first-order valence-corrected chi connectivity index (χ1v) is 16.9. The average molecular weight is 679 g/mol. The SMILES string of the molecule is CC#CC(=O)N1CCC(CCN(C)C(C)c2cc(C)c(CN(C=O)c3ccccc3)c(C(F)(F)F)c2)C1.CC1CC(C)(c2nncn2C)C1. The molecule has 1 saturated carbocycles. The van der Waals surface area contributed by atoms with Gasteiger partial charge in [0.2, 0.25) is 6.41 Å². The number of likely N-dealkylation sites (tertiary alicyclic amines) is 1. The van der Waals surface area contributed by atoms with E-state index in [2.05, 4.69) is 35.9 Å². The number of anilines is 1. The third-order valence-electron chi connectivity index (χ3n) is 10.0. The first kappa shape index (κ1) is 37.6. The van der Waals surface area contributed by atoms with Gasteiger partial charge in [-0.2, -0.15) is 13.2 Å². The fourth-order valence-electron chi connectivity index (χ4n) is 7.29. The molecule has 2 aliphatic rings. The number of rotatable bonds is 10. The highest BCUT2D eigenvalue weighted by Crippen LogP contribution is 2.46. The highest BCUT2D eigenvalue weighted by molar-refractivity contribution is 5.93. The first-order valence-electron chi connectivity index (χ1n) is 16.9. The number of aromatic nitrogens is 3. The maximum absolute atomic E-state index is 14.2. The second-order valence-corrected chi connectivity index (χ2v) is 14.0. The molecule has 8 nitrogen and oxygen atoms in total. The van der Waals surface area contributed by atoms with Gasteiger partial charge in [0.05, 0.1) is 12.1 Å². The fourth-order valence-corrected chi connectivity index (χ4v) is 7.29. The number of para-hydroxylation sites is 1. The number of aryl methyl sites for hydroxylation is 2. The van der Waals surface area contributed by atoms with Crippen molar-refractivity contribution in [3.8, 4) is 11.8 Å². The predicted octanol–water partition coefficient (Wildman–Crippen LogP) is 6.93. The van der Waals surface area contributed by atoms with E-state index in [-0.39, 0.29) is 24.1 Å². The second kappa shape index (κ2) is 16.0. The van der Waals surface area contributed by atoms with Gasteiger partial charge in [-0.25, -0.2) is 0 Å². The molecule has 1 aliphatic carbocycles. The molecule has 264 valence electrons. The number of carbonyl (C=O) groups excluding carboxylic acids is 2. The number of benzene rings is 2. The molecule has 2 unspecified atom stereocenters. The minimum Gasteiger partial charge on any atom is -0.332 e. The largest absolute Gasteiger partial charge is 0.416 e. The van der Waals surface area contributed by atoms with E-state index in [1.807, 2.05) is 30.5 Å². The van der Waals surface area contributed by atoms with E-state index in [0.717, 1.165) is 24.6 Å². The molecule has 1 aromatic heterocycles. The smallest absolute Gasteiger partial charge is 0.332 e. The summed E-state index contributed by atoms with van der Waals surface area (Å²) in [6.07, 6.45) is 2.04. The lowest BCUT2D eigenvalue weighted by Gasteiger charge is -2.42. The van der Waals surface area contributed by atoms with Gasteiger partial charge in [0.15, 0.2) is 0 Å². The predicted molar refractivity (Wildman–Crippen MR) is 185 cm³/mol. The van der Waals surface area contributed by atoms with Gasteiger partial charge >= 0.3 is 6.18 Å². The van der Waals surface area contributed by atoms with Crippen molar-refractivity contribution in [1.29, 1.82) is 0 Å².